The molecule has 0 saturated carbocycles. The van der Waals surface area contributed by atoms with Crippen molar-refractivity contribution < 1.29 is 23.5 Å². The van der Waals surface area contributed by atoms with Gasteiger partial charge < -0.3 is 14.8 Å². The Balaban J connectivity index is 2.03. The van der Waals surface area contributed by atoms with E-state index in [0.717, 1.165) is 11.6 Å². The molecule has 2 rings (SSSR count). The van der Waals surface area contributed by atoms with Crippen LogP contribution >= 0.6 is 11.6 Å². The Kier molecular flexibility index (Phi) is 5.76. The van der Waals surface area contributed by atoms with Gasteiger partial charge in [-0.1, -0.05) is 17.7 Å². The quantitative estimate of drug-likeness (QED) is 0.836. The normalized spacial score (nSPS) is 10.2. The van der Waals surface area contributed by atoms with Crippen molar-refractivity contribution in [2.45, 2.75) is 6.92 Å². The van der Waals surface area contributed by atoms with Gasteiger partial charge in [-0.15, -0.1) is 0 Å². The van der Waals surface area contributed by atoms with Crippen LogP contribution in [0.15, 0.2) is 36.4 Å². The second-order valence-corrected chi connectivity index (χ2v) is 5.34. The third kappa shape index (κ3) is 4.45. The van der Waals surface area contributed by atoms with Crippen LogP contribution in [0.2, 0.25) is 5.02 Å². The lowest BCUT2D eigenvalue weighted by Gasteiger charge is -2.11. The Morgan fingerprint density at radius 1 is 1.21 bits per heavy atom. The van der Waals surface area contributed by atoms with Crippen molar-refractivity contribution in [3.8, 4) is 5.75 Å². The van der Waals surface area contributed by atoms with Crippen molar-refractivity contribution in [2.24, 2.45) is 0 Å². The van der Waals surface area contributed by atoms with Crippen molar-refractivity contribution in [1.29, 1.82) is 0 Å². The van der Waals surface area contributed by atoms with Crippen molar-refractivity contribution in [3.05, 3.63) is 58.4 Å². The summed E-state index contributed by atoms with van der Waals surface area (Å²) in [5, 5.41) is 2.72. The van der Waals surface area contributed by atoms with Gasteiger partial charge in [-0.25, -0.2) is 9.18 Å². The summed E-state index contributed by atoms with van der Waals surface area (Å²) in [7, 11) is 1.28. The molecule has 126 valence electrons. The molecule has 1 amide bonds. The first-order valence-corrected chi connectivity index (χ1v) is 7.35. The van der Waals surface area contributed by atoms with Crippen molar-refractivity contribution in [1.82, 2.24) is 0 Å². The van der Waals surface area contributed by atoms with Crippen LogP contribution in [0.3, 0.4) is 0 Å². The molecule has 0 saturated heterocycles. The van der Waals surface area contributed by atoms with Crippen LogP contribution in [0.25, 0.3) is 0 Å². The molecule has 7 heteroatoms. The van der Waals surface area contributed by atoms with E-state index >= 15 is 0 Å². The van der Waals surface area contributed by atoms with Crippen LogP contribution in [0.1, 0.15) is 15.9 Å². The second kappa shape index (κ2) is 7.79. The average Bonchev–Trinajstić information content (AvgIpc) is 2.55. The van der Waals surface area contributed by atoms with Gasteiger partial charge in [0.1, 0.15) is 11.6 Å². The van der Waals surface area contributed by atoms with Crippen LogP contribution < -0.4 is 10.1 Å². The number of hydrogen-bond acceptors (Lipinski definition) is 4. The fourth-order valence-electron chi connectivity index (χ4n) is 1.92. The first kappa shape index (κ1) is 17.7. The highest BCUT2D eigenvalue weighted by atomic mass is 35.5. The van der Waals surface area contributed by atoms with Gasteiger partial charge in [0.05, 0.1) is 17.7 Å². The lowest BCUT2D eigenvalue weighted by atomic mass is 10.1. The van der Waals surface area contributed by atoms with Crippen molar-refractivity contribution in [3.63, 3.8) is 0 Å². The molecular weight excluding hydrogens is 337 g/mol. The molecule has 0 aromatic heterocycles. The molecule has 0 aliphatic carbocycles. The molecule has 0 radical (unpaired) electrons. The molecule has 0 atom stereocenters. The Labute approximate surface area is 143 Å². The zero-order valence-electron chi connectivity index (χ0n) is 13.1. The Morgan fingerprint density at radius 3 is 2.62 bits per heavy atom. The lowest BCUT2D eigenvalue weighted by molar-refractivity contribution is -0.118. The second-order valence-electron chi connectivity index (χ2n) is 4.93. The first-order chi connectivity index (χ1) is 11.4. The molecule has 2 aromatic rings. The van der Waals surface area contributed by atoms with Crippen LogP contribution in [0, 0.1) is 12.7 Å². The number of carbonyl (C=O) groups excluding carboxylic acids is 2. The molecule has 5 nitrogen and oxygen atoms in total. The minimum Gasteiger partial charge on any atom is -0.482 e. The van der Waals surface area contributed by atoms with E-state index in [-0.39, 0.29) is 17.4 Å². The zero-order chi connectivity index (χ0) is 17.7. The van der Waals surface area contributed by atoms with E-state index < -0.39 is 17.7 Å². The van der Waals surface area contributed by atoms with Crippen LogP contribution in [-0.2, 0) is 9.53 Å². The van der Waals surface area contributed by atoms with Crippen molar-refractivity contribution >= 4 is 29.2 Å². The standard InChI is InChI=1S/C17H15ClFNO4/c1-10-3-4-11(17(22)23-2)7-14(10)20-16(21)9-24-15-6-5-12(19)8-13(15)18/h3-8H,9H2,1-2H3,(H,20,21). The summed E-state index contributed by atoms with van der Waals surface area (Å²) >= 11 is 5.82. The molecule has 0 bridgehead atoms. The lowest BCUT2D eigenvalue weighted by Crippen LogP contribution is -2.21. The monoisotopic (exact) mass is 351 g/mol. The molecule has 0 fully saturated rings. The largest absolute Gasteiger partial charge is 0.482 e. The zero-order valence-corrected chi connectivity index (χ0v) is 13.8. The van der Waals surface area contributed by atoms with Gasteiger partial charge in [-0.3, -0.25) is 4.79 Å². The first-order valence-electron chi connectivity index (χ1n) is 6.97. The topological polar surface area (TPSA) is 64.6 Å². The number of aryl methyl sites for hydroxylation is 1. The van der Waals surface area contributed by atoms with E-state index in [1.807, 2.05) is 0 Å². The minimum absolute atomic E-state index is 0.0756. The van der Waals surface area contributed by atoms with Gasteiger partial charge in [-0.2, -0.15) is 0 Å². The fraction of sp³-hybridized carbons (Fsp3) is 0.176. The SMILES string of the molecule is COC(=O)c1ccc(C)c(NC(=O)COc2ccc(F)cc2Cl)c1. The van der Waals surface area contributed by atoms with Gasteiger partial charge >= 0.3 is 5.97 Å². The smallest absolute Gasteiger partial charge is 0.337 e. The number of hydrogen-bond donors (Lipinski definition) is 1. The number of benzene rings is 2. The maximum atomic E-state index is 13.0. The van der Waals surface area contributed by atoms with E-state index in [1.54, 1.807) is 19.1 Å². The molecule has 0 spiro atoms. The predicted octanol–water partition coefficient (Wildman–Crippen LogP) is 3.59. The van der Waals surface area contributed by atoms with Crippen molar-refractivity contribution in [2.75, 3.05) is 19.0 Å². The number of methoxy groups -OCH3 is 1. The van der Waals surface area contributed by atoms with E-state index in [2.05, 4.69) is 10.1 Å². The maximum absolute atomic E-state index is 13.0. The average molecular weight is 352 g/mol. The predicted molar refractivity (Wildman–Crippen MR) is 88.1 cm³/mol. The van der Waals surface area contributed by atoms with Gasteiger partial charge in [0.15, 0.2) is 6.61 Å². The van der Waals surface area contributed by atoms with Crippen LogP contribution in [0.4, 0.5) is 10.1 Å². The molecule has 0 heterocycles. The summed E-state index contributed by atoms with van der Waals surface area (Å²) < 4.78 is 22.9. The summed E-state index contributed by atoms with van der Waals surface area (Å²) in [5.41, 5.74) is 1.56. The molecule has 0 unspecified atom stereocenters. The summed E-state index contributed by atoms with van der Waals surface area (Å²) in [4.78, 5) is 23.5. The molecule has 1 N–H and O–H groups in total. The number of halogens is 2. The Morgan fingerprint density at radius 2 is 1.96 bits per heavy atom. The van der Waals surface area contributed by atoms with E-state index in [1.165, 1.54) is 25.3 Å². The summed E-state index contributed by atoms with van der Waals surface area (Å²) in [5.74, 6) is -1.24. The number of ether oxygens (including phenoxy) is 2. The van der Waals surface area contributed by atoms with Gasteiger partial charge in [0.25, 0.3) is 5.91 Å². The van der Waals surface area contributed by atoms with E-state index in [0.29, 0.717) is 11.3 Å². The highest BCUT2D eigenvalue weighted by Crippen LogP contribution is 2.25. The highest BCUT2D eigenvalue weighted by molar-refractivity contribution is 6.32. The molecule has 0 aliphatic rings. The molecular formula is C17H15ClFNO4. The van der Waals surface area contributed by atoms with E-state index in [4.69, 9.17) is 16.3 Å². The molecule has 0 aliphatic heterocycles. The van der Waals surface area contributed by atoms with Crippen LogP contribution in [0.5, 0.6) is 5.75 Å². The Bertz CT molecular complexity index is 779. The van der Waals surface area contributed by atoms with Crippen LogP contribution in [-0.4, -0.2) is 25.6 Å². The van der Waals surface area contributed by atoms with Gasteiger partial charge in [-0.05, 0) is 42.8 Å². The number of nitrogens with one attached hydrogen (secondary N) is 1. The number of anilines is 1. The molecule has 24 heavy (non-hydrogen) atoms. The van der Waals surface area contributed by atoms with Gasteiger partial charge in [0, 0.05) is 5.69 Å². The Hall–Kier alpha value is -2.60. The maximum Gasteiger partial charge on any atom is 0.337 e. The number of carbonyl (C=O) groups is 2. The number of rotatable bonds is 5. The summed E-state index contributed by atoms with van der Waals surface area (Å²) in [6, 6.07) is 8.44. The number of esters is 1. The molecule has 2 aromatic carbocycles. The summed E-state index contributed by atoms with van der Waals surface area (Å²) in [6.07, 6.45) is 0. The highest BCUT2D eigenvalue weighted by Gasteiger charge is 2.11. The third-order valence-electron chi connectivity index (χ3n) is 3.19. The fourth-order valence-corrected chi connectivity index (χ4v) is 2.15. The van der Waals surface area contributed by atoms with E-state index in [9.17, 15) is 14.0 Å². The third-order valence-corrected chi connectivity index (χ3v) is 3.48. The van der Waals surface area contributed by atoms with Gasteiger partial charge in [0.2, 0.25) is 0 Å². The minimum atomic E-state index is -0.500. The summed E-state index contributed by atoms with van der Waals surface area (Å²) in [6.45, 7) is 1.47. The number of amides is 1.